The smallest absolute Gasteiger partial charge is 0.335 e. The van der Waals surface area contributed by atoms with Gasteiger partial charge in [0.2, 0.25) is 0 Å². The molecule has 0 aliphatic heterocycles. The first-order valence-electron chi connectivity index (χ1n) is 12.5. The number of carbonyl (C=O) groups is 2. The van der Waals surface area contributed by atoms with Gasteiger partial charge in [0.1, 0.15) is 0 Å². The van der Waals surface area contributed by atoms with E-state index in [1.54, 1.807) is 0 Å². The third-order valence-electron chi connectivity index (χ3n) is 11.8. The molecule has 168 valence electrons. The first-order valence-corrected chi connectivity index (χ1v) is 12.5. The van der Waals surface area contributed by atoms with Crippen LogP contribution in [0.4, 0.5) is 0 Å². The molecule has 2 unspecified atom stereocenters. The Morgan fingerprint density at radius 1 is 0.636 bits per heavy atom. The standard InChI is InChI=1S/C29H28O4/c30-24(31)16-1-5-18(6-2-16)26-10-21-20-9-27(19-7-3-17(4-8-19)25(32)33)13-28(21)15-29(14-27,22(20)11-26)23(28)12-26/h1-8,20-23H,9-15H2,(H,30,31)(H,32,33)/t20?,21-,22-,23?,26?,27?,28?,29?/m1/s1. The first kappa shape index (κ1) is 18.8. The maximum absolute atomic E-state index is 11.4. The molecule has 4 heteroatoms. The molecule has 9 fully saturated rings. The maximum Gasteiger partial charge on any atom is 0.335 e. The molecule has 0 amide bonds. The average molecular weight is 441 g/mol. The highest BCUT2D eigenvalue weighted by atomic mass is 16.4. The monoisotopic (exact) mass is 440 g/mol. The topological polar surface area (TPSA) is 74.6 Å². The van der Waals surface area contributed by atoms with Crippen LogP contribution < -0.4 is 0 Å². The Bertz CT molecular complexity index is 1190. The van der Waals surface area contributed by atoms with E-state index in [4.69, 9.17) is 0 Å². The van der Waals surface area contributed by atoms with E-state index in [0.29, 0.717) is 22.0 Å². The van der Waals surface area contributed by atoms with Gasteiger partial charge in [0.05, 0.1) is 11.1 Å². The highest BCUT2D eigenvalue weighted by Gasteiger charge is 2.86. The van der Waals surface area contributed by atoms with Crippen LogP contribution in [0.15, 0.2) is 48.5 Å². The summed E-state index contributed by atoms with van der Waals surface area (Å²) in [5.74, 6) is 1.56. The van der Waals surface area contributed by atoms with E-state index >= 15 is 0 Å². The molecule has 0 heterocycles. The van der Waals surface area contributed by atoms with Crippen molar-refractivity contribution in [2.45, 2.75) is 55.8 Å². The highest BCUT2D eigenvalue weighted by Crippen LogP contribution is 2.93. The largest absolute Gasteiger partial charge is 0.478 e. The van der Waals surface area contributed by atoms with Gasteiger partial charge in [-0.05, 0) is 126 Å². The molecule has 0 saturated heterocycles. The zero-order chi connectivity index (χ0) is 22.4. The van der Waals surface area contributed by atoms with Gasteiger partial charge in [-0.15, -0.1) is 0 Å². The number of carboxylic acids is 2. The minimum atomic E-state index is -0.845. The molecular weight excluding hydrogens is 412 g/mol. The van der Waals surface area contributed by atoms with Gasteiger partial charge in [-0.25, -0.2) is 9.59 Å². The zero-order valence-corrected chi connectivity index (χ0v) is 18.6. The van der Waals surface area contributed by atoms with E-state index in [9.17, 15) is 19.8 Å². The predicted molar refractivity (Wildman–Crippen MR) is 121 cm³/mol. The van der Waals surface area contributed by atoms with Crippen molar-refractivity contribution in [1.82, 2.24) is 0 Å². The second kappa shape index (κ2) is 5.37. The summed E-state index contributed by atoms with van der Waals surface area (Å²) in [6.45, 7) is 0. The molecule has 0 radical (unpaired) electrons. The van der Waals surface area contributed by atoms with Crippen LogP contribution in [0.1, 0.15) is 76.8 Å². The Hall–Kier alpha value is -2.62. The van der Waals surface area contributed by atoms with E-state index in [0.717, 1.165) is 23.7 Å². The molecule has 33 heavy (non-hydrogen) atoms. The fourth-order valence-electron chi connectivity index (χ4n) is 11.3. The van der Waals surface area contributed by atoms with E-state index < -0.39 is 11.9 Å². The number of benzene rings is 2. The molecule has 8 bridgehead atoms. The van der Waals surface area contributed by atoms with Crippen molar-refractivity contribution in [2.75, 3.05) is 0 Å². The summed E-state index contributed by atoms with van der Waals surface area (Å²) < 4.78 is 0. The number of hydrogen-bond donors (Lipinski definition) is 2. The minimum absolute atomic E-state index is 0.251. The van der Waals surface area contributed by atoms with Crippen LogP contribution in [0, 0.1) is 34.5 Å². The summed E-state index contributed by atoms with van der Waals surface area (Å²) >= 11 is 0. The maximum atomic E-state index is 11.4. The van der Waals surface area contributed by atoms with Crippen molar-refractivity contribution in [3.8, 4) is 0 Å². The molecule has 4 nitrogen and oxygen atoms in total. The summed E-state index contributed by atoms with van der Waals surface area (Å²) in [7, 11) is 0. The Labute approximate surface area is 193 Å². The van der Waals surface area contributed by atoms with E-state index in [1.807, 2.05) is 24.3 Å². The molecule has 2 spiro atoms. The molecule has 2 N–H and O–H groups in total. The lowest BCUT2D eigenvalue weighted by Crippen LogP contribution is -2.85. The van der Waals surface area contributed by atoms with Gasteiger partial charge in [0.15, 0.2) is 0 Å². The van der Waals surface area contributed by atoms with Gasteiger partial charge in [-0.2, -0.15) is 0 Å². The minimum Gasteiger partial charge on any atom is -0.478 e. The average Bonchev–Trinajstić information content (AvgIpc) is 2.81. The molecule has 9 aliphatic rings. The van der Waals surface area contributed by atoms with E-state index in [-0.39, 0.29) is 10.8 Å². The SMILES string of the molecule is O=C(O)c1ccc(C23CC4C56CC7(c8ccc(C(=O)O)cc8)CC([C@H]5C2)[C@@H](C3)C4(C7)C6)cc1. The van der Waals surface area contributed by atoms with E-state index in [2.05, 4.69) is 24.3 Å². The lowest BCUT2D eigenvalue weighted by Gasteiger charge is -2.91. The van der Waals surface area contributed by atoms with Crippen molar-refractivity contribution in [3.63, 3.8) is 0 Å². The van der Waals surface area contributed by atoms with Gasteiger partial charge < -0.3 is 10.2 Å². The predicted octanol–water partition coefficient (Wildman–Crippen LogP) is 5.51. The lowest BCUT2D eigenvalue weighted by atomic mass is 9.13. The van der Waals surface area contributed by atoms with Crippen molar-refractivity contribution in [3.05, 3.63) is 70.8 Å². The summed E-state index contributed by atoms with van der Waals surface area (Å²) in [5.41, 5.74) is 5.04. The molecule has 0 aromatic heterocycles. The molecule has 2 aromatic rings. The second-order valence-corrected chi connectivity index (χ2v) is 12.6. The Morgan fingerprint density at radius 3 is 1.61 bits per heavy atom. The number of carboxylic acid groups (broad SMARTS) is 2. The van der Waals surface area contributed by atoms with Crippen molar-refractivity contribution < 1.29 is 19.8 Å². The third kappa shape index (κ3) is 1.91. The van der Waals surface area contributed by atoms with Crippen LogP contribution in [0.25, 0.3) is 0 Å². The number of hydrogen-bond acceptors (Lipinski definition) is 2. The fraction of sp³-hybridized carbons (Fsp3) is 0.517. The molecule has 2 aromatic carbocycles. The van der Waals surface area contributed by atoms with E-state index in [1.165, 1.54) is 56.1 Å². The zero-order valence-electron chi connectivity index (χ0n) is 18.6. The highest BCUT2D eigenvalue weighted by molar-refractivity contribution is 5.88. The van der Waals surface area contributed by atoms with Gasteiger partial charge in [-0.3, -0.25) is 0 Å². The van der Waals surface area contributed by atoms with Gasteiger partial charge in [0, 0.05) is 0 Å². The van der Waals surface area contributed by atoms with Gasteiger partial charge in [-0.1, -0.05) is 24.3 Å². The third-order valence-corrected chi connectivity index (χ3v) is 11.8. The van der Waals surface area contributed by atoms with Gasteiger partial charge in [0.25, 0.3) is 0 Å². The van der Waals surface area contributed by atoms with Crippen molar-refractivity contribution in [2.24, 2.45) is 34.5 Å². The summed E-state index contributed by atoms with van der Waals surface area (Å²) in [5, 5.41) is 18.7. The molecule has 4 atom stereocenters. The van der Waals surface area contributed by atoms with Crippen molar-refractivity contribution >= 4 is 11.9 Å². The summed E-state index contributed by atoms with van der Waals surface area (Å²) in [6.07, 6.45) is 9.13. The summed E-state index contributed by atoms with van der Waals surface area (Å²) in [6, 6.07) is 15.7. The second-order valence-electron chi connectivity index (χ2n) is 12.6. The number of rotatable bonds is 4. The van der Waals surface area contributed by atoms with Crippen LogP contribution in [0.2, 0.25) is 0 Å². The number of aromatic carboxylic acids is 2. The van der Waals surface area contributed by atoms with Crippen LogP contribution >= 0.6 is 0 Å². The lowest BCUT2D eigenvalue weighted by molar-refractivity contribution is -0.398. The van der Waals surface area contributed by atoms with Crippen molar-refractivity contribution in [1.29, 1.82) is 0 Å². The first-order chi connectivity index (χ1) is 15.8. The van der Waals surface area contributed by atoms with Gasteiger partial charge >= 0.3 is 11.9 Å². The van der Waals surface area contributed by atoms with Crippen LogP contribution in [-0.4, -0.2) is 22.2 Å². The van der Waals surface area contributed by atoms with Crippen LogP contribution in [0.5, 0.6) is 0 Å². The Morgan fingerprint density at radius 2 is 1.12 bits per heavy atom. The Kier molecular flexibility index (Phi) is 3.05. The molecule has 11 rings (SSSR count). The summed E-state index contributed by atoms with van der Waals surface area (Å²) in [4.78, 5) is 22.7. The molecular formula is C29H28O4. The fourth-order valence-corrected chi connectivity index (χ4v) is 11.3. The Balaban J connectivity index is 1.18. The normalized spacial score (nSPS) is 46.9. The molecule has 9 saturated carbocycles. The van der Waals surface area contributed by atoms with Crippen LogP contribution in [-0.2, 0) is 10.8 Å². The quantitative estimate of drug-likeness (QED) is 0.658. The molecule has 9 aliphatic carbocycles. The van der Waals surface area contributed by atoms with Crippen LogP contribution in [0.3, 0.4) is 0 Å².